The molecule has 1 amide bonds. The Morgan fingerprint density at radius 2 is 1.56 bits per heavy atom. The van der Waals surface area contributed by atoms with Crippen LogP contribution < -0.4 is 10.2 Å². The van der Waals surface area contributed by atoms with Crippen LogP contribution in [-0.2, 0) is 16.6 Å². The van der Waals surface area contributed by atoms with E-state index in [1.54, 1.807) is 12.1 Å². The highest BCUT2D eigenvalue weighted by atomic mass is 16.2. The lowest BCUT2D eigenvalue weighted by atomic mass is 9.64. The third-order valence-corrected chi connectivity index (χ3v) is 9.28. The second kappa shape index (κ2) is 10.2. The van der Waals surface area contributed by atoms with E-state index in [1.807, 2.05) is 97.9 Å². The van der Waals surface area contributed by atoms with Crippen molar-refractivity contribution in [2.75, 3.05) is 10.2 Å². The largest absolute Gasteiger partial charge is 0.352 e. The molecule has 1 spiro atoms. The number of benzene rings is 4. The first kappa shape index (κ1) is 27.1. The highest BCUT2D eigenvalue weighted by molar-refractivity contribution is 6.18. The molecule has 0 unspecified atom stereocenters. The number of fused-ring (bicyclic) bond motifs is 6. The highest BCUT2D eigenvalue weighted by Crippen LogP contribution is 2.58. The number of carbonyl (C=O) groups is 3. The van der Waals surface area contributed by atoms with Crippen LogP contribution in [0.2, 0.25) is 0 Å². The molecule has 3 heterocycles. The molecule has 0 saturated carbocycles. The van der Waals surface area contributed by atoms with Crippen LogP contribution in [-0.4, -0.2) is 29.6 Å². The molecule has 1 saturated heterocycles. The first-order chi connectivity index (χ1) is 20.8. The summed E-state index contributed by atoms with van der Waals surface area (Å²) in [6.07, 6.45) is 4.97. The third-order valence-electron chi connectivity index (χ3n) is 9.28. The fraction of sp³-hybridized carbons (Fsp3) is 0.237. The van der Waals surface area contributed by atoms with Crippen molar-refractivity contribution in [3.63, 3.8) is 0 Å². The van der Waals surface area contributed by atoms with E-state index in [1.165, 1.54) is 0 Å². The van der Waals surface area contributed by atoms with Crippen LogP contribution in [0.15, 0.2) is 103 Å². The zero-order chi connectivity index (χ0) is 29.9. The molecule has 1 fully saturated rings. The summed E-state index contributed by atoms with van der Waals surface area (Å²) >= 11 is 0. The van der Waals surface area contributed by atoms with Gasteiger partial charge in [0.1, 0.15) is 11.5 Å². The van der Waals surface area contributed by atoms with Crippen LogP contribution in [0.5, 0.6) is 0 Å². The Bertz CT molecular complexity index is 1790. The average Bonchev–Trinajstić information content (AvgIpc) is 3.49. The Morgan fingerprint density at radius 3 is 2.30 bits per heavy atom. The molecule has 4 aromatic carbocycles. The minimum Gasteiger partial charge on any atom is -0.352 e. The summed E-state index contributed by atoms with van der Waals surface area (Å²) in [7, 11) is 0. The molecule has 0 aliphatic carbocycles. The number of hydrogen-bond acceptors (Lipinski definition) is 4. The van der Waals surface area contributed by atoms with E-state index < -0.39 is 23.4 Å². The van der Waals surface area contributed by atoms with Gasteiger partial charge < -0.3 is 10.2 Å². The van der Waals surface area contributed by atoms with Crippen molar-refractivity contribution in [2.45, 2.75) is 44.7 Å². The van der Waals surface area contributed by atoms with Gasteiger partial charge in [-0.2, -0.15) is 0 Å². The van der Waals surface area contributed by atoms with E-state index in [9.17, 15) is 14.4 Å². The average molecular weight is 567 g/mol. The maximum Gasteiger partial charge on any atom is 0.238 e. The van der Waals surface area contributed by atoms with E-state index in [-0.39, 0.29) is 17.5 Å². The molecule has 3 aliphatic heterocycles. The quantitative estimate of drug-likeness (QED) is 0.254. The number of Topliss-reactive ketones (excluding diaryl/α,β-unsaturated/α-hetero) is 2. The summed E-state index contributed by atoms with van der Waals surface area (Å²) in [4.78, 5) is 46.2. The van der Waals surface area contributed by atoms with Crippen molar-refractivity contribution in [1.82, 2.24) is 0 Å². The normalized spacial score (nSPS) is 23.2. The van der Waals surface area contributed by atoms with E-state index >= 15 is 0 Å². The Morgan fingerprint density at radius 1 is 0.860 bits per heavy atom. The van der Waals surface area contributed by atoms with Gasteiger partial charge in [-0.1, -0.05) is 110 Å². The van der Waals surface area contributed by atoms with Gasteiger partial charge in [-0.25, -0.2) is 0 Å². The van der Waals surface area contributed by atoms with Crippen molar-refractivity contribution in [3.05, 3.63) is 137 Å². The molecule has 5 heteroatoms. The molecule has 7 rings (SSSR count). The predicted molar refractivity (Wildman–Crippen MR) is 171 cm³/mol. The summed E-state index contributed by atoms with van der Waals surface area (Å²) in [5.74, 6) is -1.11. The van der Waals surface area contributed by atoms with Crippen molar-refractivity contribution in [3.8, 4) is 0 Å². The van der Waals surface area contributed by atoms with Gasteiger partial charge >= 0.3 is 0 Å². The number of amides is 1. The van der Waals surface area contributed by atoms with Gasteiger partial charge in [-0.15, -0.1) is 0 Å². The lowest BCUT2D eigenvalue weighted by Crippen LogP contribution is -2.51. The fourth-order valence-corrected chi connectivity index (χ4v) is 7.53. The van der Waals surface area contributed by atoms with Crippen LogP contribution in [0.3, 0.4) is 0 Å². The zero-order valence-electron chi connectivity index (χ0n) is 24.6. The number of nitrogens with one attached hydrogen (secondary N) is 1. The number of hydrogen-bond donors (Lipinski definition) is 1. The molecule has 3 aliphatic rings. The van der Waals surface area contributed by atoms with Gasteiger partial charge in [0.25, 0.3) is 0 Å². The molecule has 4 aromatic rings. The van der Waals surface area contributed by atoms with Crippen LogP contribution >= 0.6 is 0 Å². The van der Waals surface area contributed by atoms with Crippen LogP contribution in [0.25, 0.3) is 6.08 Å². The topological polar surface area (TPSA) is 66.5 Å². The second-order valence-corrected chi connectivity index (χ2v) is 12.5. The molecule has 1 N–H and O–H groups in total. The molecule has 4 atom stereocenters. The standard InChI is InChI=1S/C38H34N2O3/c1-23(2)21-25-14-16-27(17-15-25)35(41)33-34(36(42)26-9-5-4-6-10-26)40-31-19-13-24(3)22-28(31)18-20-32(40)38(33)29-11-7-8-12-30(29)39-37(38)43/h4-20,22-23,32-34H,21H2,1-3H3,(H,39,43)/t32-,33+,34-,38+/m0/s1. The highest BCUT2D eigenvalue weighted by Gasteiger charge is 2.70. The number of para-hydroxylation sites is 1. The SMILES string of the molecule is Cc1ccc2c(c1)C=C[C@@H]1N2[C@H](C(=O)c2ccccc2)[C@H](C(=O)c2ccc(CC(C)C)cc2)[C@]12C(=O)Nc1ccccc12. The molecule has 214 valence electrons. The van der Waals surface area contributed by atoms with E-state index in [0.717, 1.165) is 34.4 Å². The minimum atomic E-state index is -1.31. The number of anilines is 2. The maximum atomic E-state index is 15.0. The lowest BCUT2D eigenvalue weighted by Gasteiger charge is -2.37. The Kier molecular flexibility index (Phi) is 6.42. The number of aryl methyl sites for hydroxylation is 1. The van der Waals surface area contributed by atoms with Crippen LogP contribution in [0.1, 0.15) is 56.8 Å². The predicted octanol–water partition coefficient (Wildman–Crippen LogP) is 7.05. The minimum absolute atomic E-state index is 0.170. The third kappa shape index (κ3) is 4.09. The summed E-state index contributed by atoms with van der Waals surface area (Å²) in [6.45, 7) is 6.37. The first-order valence-corrected chi connectivity index (χ1v) is 15.0. The fourth-order valence-electron chi connectivity index (χ4n) is 7.53. The van der Waals surface area contributed by atoms with Crippen LogP contribution in [0, 0.1) is 18.8 Å². The molecule has 0 aromatic heterocycles. The van der Waals surface area contributed by atoms with Gasteiger partial charge in [0.05, 0.1) is 12.0 Å². The molecular weight excluding hydrogens is 532 g/mol. The molecule has 0 radical (unpaired) electrons. The van der Waals surface area contributed by atoms with Crippen molar-refractivity contribution >= 4 is 34.9 Å². The van der Waals surface area contributed by atoms with Crippen molar-refractivity contribution in [2.24, 2.45) is 11.8 Å². The van der Waals surface area contributed by atoms with E-state index in [0.29, 0.717) is 22.7 Å². The van der Waals surface area contributed by atoms with Crippen LogP contribution in [0.4, 0.5) is 11.4 Å². The zero-order valence-corrected chi connectivity index (χ0v) is 24.6. The van der Waals surface area contributed by atoms with Gasteiger partial charge in [-0.05, 0) is 54.2 Å². The molecule has 5 nitrogen and oxygen atoms in total. The summed E-state index contributed by atoms with van der Waals surface area (Å²) in [5.41, 5.74) is 5.23. The number of ketones is 2. The number of nitrogens with zero attached hydrogens (tertiary/aromatic N) is 1. The smallest absolute Gasteiger partial charge is 0.238 e. The van der Waals surface area contributed by atoms with Gasteiger partial charge in [0.2, 0.25) is 5.91 Å². The molecule has 43 heavy (non-hydrogen) atoms. The maximum absolute atomic E-state index is 15.0. The lowest BCUT2D eigenvalue weighted by molar-refractivity contribution is -0.121. The molecule has 0 bridgehead atoms. The Hall–Kier alpha value is -4.77. The Balaban J connectivity index is 1.49. The molecular formula is C38H34N2O3. The van der Waals surface area contributed by atoms with Gasteiger partial charge in [0.15, 0.2) is 11.6 Å². The van der Waals surface area contributed by atoms with Crippen molar-refractivity contribution in [1.29, 1.82) is 0 Å². The monoisotopic (exact) mass is 566 g/mol. The summed E-state index contributed by atoms with van der Waals surface area (Å²) in [5, 5.41) is 3.10. The van der Waals surface area contributed by atoms with Gasteiger partial charge in [-0.3, -0.25) is 14.4 Å². The van der Waals surface area contributed by atoms with E-state index in [2.05, 4.69) is 30.1 Å². The van der Waals surface area contributed by atoms with E-state index in [4.69, 9.17) is 0 Å². The van der Waals surface area contributed by atoms with Crippen molar-refractivity contribution < 1.29 is 14.4 Å². The van der Waals surface area contributed by atoms with Gasteiger partial charge in [0, 0.05) is 22.5 Å². The summed E-state index contributed by atoms with van der Waals surface area (Å²) in [6, 6.07) is 29.2. The second-order valence-electron chi connectivity index (χ2n) is 12.5. The first-order valence-electron chi connectivity index (χ1n) is 15.0. The summed E-state index contributed by atoms with van der Waals surface area (Å²) < 4.78 is 0. The number of rotatable bonds is 6. The Labute approximate surface area is 252 Å². The number of carbonyl (C=O) groups excluding carboxylic acids is 3.